The third kappa shape index (κ3) is 1.61. The van der Waals surface area contributed by atoms with Gasteiger partial charge in [0.1, 0.15) is 0 Å². The predicted octanol–water partition coefficient (Wildman–Crippen LogP) is 0.903. The van der Waals surface area contributed by atoms with Crippen molar-refractivity contribution in [1.29, 1.82) is 0 Å². The lowest BCUT2D eigenvalue weighted by molar-refractivity contribution is 0.0600. The molecule has 74 valence electrons. The van der Waals surface area contributed by atoms with E-state index in [-0.39, 0.29) is 5.97 Å². The Kier molecular flexibility index (Phi) is 2.45. The molecule has 1 aromatic rings. The largest absolute Gasteiger partial charge is 0.465 e. The molecule has 0 amide bonds. The van der Waals surface area contributed by atoms with Crippen molar-refractivity contribution in [2.45, 2.75) is 12.5 Å². The van der Waals surface area contributed by atoms with Crippen LogP contribution in [-0.4, -0.2) is 24.6 Å². The highest BCUT2D eigenvalue weighted by Gasteiger charge is 2.19. The topological polar surface area (TPSA) is 51.2 Å². The first kappa shape index (κ1) is 9.15. The number of carbonyl (C=O) groups is 1. The van der Waals surface area contributed by atoms with E-state index < -0.39 is 0 Å². The molecule has 1 fully saturated rings. The summed E-state index contributed by atoms with van der Waals surface area (Å²) in [6.45, 7) is 1.05. The summed E-state index contributed by atoms with van der Waals surface area (Å²) in [5.74, 6) is -0.342. The highest BCUT2D eigenvalue weighted by Crippen LogP contribution is 2.20. The normalized spacial score (nSPS) is 19.9. The molecule has 0 spiro atoms. The van der Waals surface area contributed by atoms with Crippen molar-refractivity contribution >= 4 is 5.97 Å². The Morgan fingerprint density at radius 2 is 2.43 bits per heavy atom. The highest BCUT2D eigenvalue weighted by atomic mass is 16.5. The molecule has 0 radical (unpaired) electrons. The molecule has 1 aromatic heterocycles. The number of ether oxygens (including phenoxy) is 1. The lowest BCUT2D eigenvalue weighted by Gasteiger charge is -2.26. The van der Waals surface area contributed by atoms with E-state index in [1.165, 1.54) is 7.11 Å². The summed E-state index contributed by atoms with van der Waals surface area (Å²) in [5.41, 5.74) is 1.49. The van der Waals surface area contributed by atoms with Gasteiger partial charge in [-0.2, -0.15) is 0 Å². The second-order valence-electron chi connectivity index (χ2n) is 3.26. The lowest BCUT2D eigenvalue weighted by atomic mass is 10.0. The van der Waals surface area contributed by atoms with Crippen molar-refractivity contribution in [3.8, 4) is 0 Å². The molecule has 0 aliphatic carbocycles. The number of methoxy groups -OCH3 is 1. The second kappa shape index (κ2) is 3.75. The minimum absolute atomic E-state index is 0.342. The average molecular weight is 192 g/mol. The van der Waals surface area contributed by atoms with Gasteiger partial charge in [0.2, 0.25) is 0 Å². The Balaban J connectivity index is 2.13. The van der Waals surface area contributed by atoms with Crippen LogP contribution in [0.3, 0.4) is 0 Å². The third-order valence-corrected chi connectivity index (χ3v) is 2.39. The third-order valence-electron chi connectivity index (χ3n) is 2.39. The molecule has 1 saturated heterocycles. The Bertz CT molecular complexity index is 330. The SMILES string of the molecule is COC(=O)c1ccc([C@H]2CCN2)nc1. The van der Waals surface area contributed by atoms with Crippen LogP contribution in [0.15, 0.2) is 18.3 Å². The summed E-state index contributed by atoms with van der Waals surface area (Å²) in [6, 6.07) is 3.97. The molecule has 1 N–H and O–H groups in total. The first-order chi connectivity index (χ1) is 6.81. The van der Waals surface area contributed by atoms with Crippen molar-refractivity contribution in [1.82, 2.24) is 10.3 Å². The van der Waals surface area contributed by atoms with Crippen molar-refractivity contribution < 1.29 is 9.53 Å². The molecule has 0 aromatic carbocycles. The van der Waals surface area contributed by atoms with Crippen molar-refractivity contribution in [2.24, 2.45) is 0 Å². The molecule has 1 aliphatic rings. The van der Waals surface area contributed by atoms with Gasteiger partial charge in [0.05, 0.1) is 24.4 Å². The van der Waals surface area contributed by atoms with Gasteiger partial charge in [-0.05, 0) is 25.1 Å². The van der Waals surface area contributed by atoms with Gasteiger partial charge in [-0.1, -0.05) is 0 Å². The van der Waals surface area contributed by atoms with Crippen LogP contribution in [-0.2, 0) is 4.74 Å². The fraction of sp³-hybridized carbons (Fsp3) is 0.400. The van der Waals surface area contributed by atoms with Gasteiger partial charge in [-0.25, -0.2) is 4.79 Å². The molecule has 2 rings (SSSR count). The Morgan fingerprint density at radius 3 is 2.86 bits per heavy atom. The predicted molar refractivity (Wildman–Crippen MR) is 50.9 cm³/mol. The Labute approximate surface area is 82.3 Å². The number of carbonyl (C=O) groups excluding carboxylic acids is 1. The van der Waals surface area contributed by atoms with Gasteiger partial charge in [-0.3, -0.25) is 4.98 Å². The van der Waals surface area contributed by atoms with E-state index >= 15 is 0 Å². The van der Waals surface area contributed by atoms with Crippen LogP contribution in [0.2, 0.25) is 0 Å². The number of hydrogen-bond donors (Lipinski definition) is 1. The van der Waals surface area contributed by atoms with Gasteiger partial charge >= 0.3 is 5.97 Å². The number of aromatic nitrogens is 1. The van der Waals surface area contributed by atoms with E-state index in [4.69, 9.17) is 0 Å². The smallest absolute Gasteiger partial charge is 0.339 e. The number of nitrogens with zero attached hydrogens (tertiary/aromatic N) is 1. The minimum Gasteiger partial charge on any atom is -0.465 e. The zero-order chi connectivity index (χ0) is 9.97. The maximum Gasteiger partial charge on any atom is 0.339 e. The van der Waals surface area contributed by atoms with Crippen molar-refractivity contribution in [3.63, 3.8) is 0 Å². The molecule has 0 bridgehead atoms. The van der Waals surface area contributed by atoms with E-state index in [0.717, 1.165) is 18.7 Å². The van der Waals surface area contributed by atoms with Crippen molar-refractivity contribution in [3.05, 3.63) is 29.6 Å². The van der Waals surface area contributed by atoms with Crippen LogP contribution in [0.5, 0.6) is 0 Å². The first-order valence-corrected chi connectivity index (χ1v) is 4.59. The zero-order valence-corrected chi connectivity index (χ0v) is 7.99. The summed E-state index contributed by atoms with van der Waals surface area (Å²) in [4.78, 5) is 15.3. The summed E-state index contributed by atoms with van der Waals surface area (Å²) in [6.07, 6.45) is 2.67. The summed E-state index contributed by atoms with van der Waals surface area (Å²) in [5, 5.41) is 3.25. The molecular weight excluding hydrogens is 180 g/mol. The van der Waals surface area contributed by atoms with Gasteiger partial charge < -0.3 is 10.1 Å². The van der Waals surface area contributed by atoms with Gasteiger partial charge in [0.25, 0.3) is 0 Å². The van der Waals surface area contributed by atoms with Crippen LogP contribution >= 0.6 is 0 Å². The van der Waals surface area contributed by atoms with Crippen LogP contribution in [0, 0.1) is 0 Å². The van der Waals surface area contributed by atoms with E-state index in [2.05, 4.69) is 15.0 Å². The van der Waals surface area contributed by atoms with E-state index in [9.17, 15) is 4.79 Å². The van der Waals surface area contributed by atoms with E-state index in [0.29, 0.717) is 11.6 Å². The fourth-order valence-electron chi connectivity index (χ4n) is 1.39. The molecule has 1 aliphatic heterocycles. The molecule has 0 unspecified atom stereocenters. The quantitative estimate of drug-likeness (QED) is 0.707. The van der Waals surface area contributed by atoms with Gasteiger partial charge in [0.15, 0.2) is 0 Å². The van der Waals surface area contributed by atoms with Crippen LogP contribution < -0.4 is 5.32 Å². The van der Waals surface area contributed by atoms with E-state index in [1.807, 2.05) is 6.07 Å². The number of hydrogen-bond acceptors (Lipinski definition) is 4. The molecule has 4 nitrogen and oxygen atoms in total. The molecule has 1 atom stereocenters. The fourth-order valence-corrected chi connectivity index (χ4v) is 1.39. The molecule has 0 saturated carbocycles. The summed E-state index contributed by atoms with van der Waals surface area (Å²) < 4.78 is 4.58. The Hall–Kier alpha value is -1.42. The standard InChI is InChI=1S/C10H12N2O2/c1-14-10(13)7-2-3-8(12-6-7)9-4-5-11-9/h2-3,6,9,11H,4-5H2,1H3/t9-/m1/s1. The Morgan fingerprint density at radius 1 is 1.64 bits per heavy atom. The van der Waals surface area contributed by atoms with Gasteiger partial charge in [0, 0.05) is 6.20 Å². The van der Waals surface area contributed by atoms with Crippen molar-refractivity contribution in [2.75, 3.05) is 13.7 Å². The average Bonchev–Trinajstić information content (AvgIpc) is 2.15. The number of esters is 1. The summed E-state index contributed by atoms with van der Waals surface area (Å²) >= 11 is 0. The summed E-state index contributed by atoms with van der Waals surface area (Å²) in [7, 11) is 1.36. The number of rotatable bonds is 2. The van der Waals surface area contributed by atoms with E-state index in [1.54, 1.807) is 12.3 Å². The highest BCUT2D eigenvalue weighted by molar-refractivity contribution is 5.88. The maximum absolute atomic E-state index is 11.1. The monoisotopic (exact) mass is 192 g/mol. The molecular formula is C10H12N2O2. The maximum atomic E-state index is 11.1. The number of nitrogens with one attached hydrogen (secondary N) is 1. The molecule has 4 heteroatoms. The zero-order valence-electron chi connectivity index (χ0n) is 7.99. The van der Waals surface area contributed by atoms with Crippen LogP contribution in [0.25, 0.3) is 0 Å². The lowest BCUT2D eigenvalue weighted by Crippen LogP contribution is -2.35. The van der Waals surface area contributed by atoms with Crippen LogP contribution in [0.4, 0.5) is 0 Å². The number of pyridine rings is 1. The van der Waals surface area contributed by atoms with Crippen LogP contribution in [0.1, 0.15) is 28.5 Å². The van der Waals surface area contributed by atoms with Gasteiger partial charge in [-0.15, -0.1) is 0 Å². The molecule has 2 heterocycles. The second-order valence-corrected chi connectivity index (χ2v) is 3.26. The minimum atomic E-state index is -0.342. The first-order valence-electron chi connectivity index (χ1n) is 4.59. The molecule has 14 heavy (non-hydrogen) atoms.